The molecule has 1 amide bonds. The second-order valence-corrected chi connectivity index (χ2v) is 9.73. The fourth-order valence-electron chi connectivity index (χ4n) is 3.48. The Hall–Kier alpha value is -0.740. The van der Waals surface area contributed by atoms with E-state index in [9.17, 15) is 13.2 Å². The predicted molar refractivity (Wildman–Crippen MR) is 91.2 cm³/mol. The summed E-state index contributed by atoms with van der Waals surface area (Å²) in [7, 11) is -3.24. The van der Waals surface area contributed by atoms with Gasteiger partial charge in [-0.15, -0.1) is 0 Å². The molecule has 0 unspecified atom stereocenters. The number of amides is 1. The van der Waals surface area contributed by atoms with Gasteiger partial charge in [0.05, 0.1) is 50.0 Å². The molecule has 0 aromatic heterocycles. The SMILES string of the molecule is CC(C)OCC(=O)N1CC2(C1)CS(=O)(=O)[C@@H](CN1CCOCC1)CO2. The molecule has 0 N–H and O–H groups in total. The number of carbonyl (C=O) groups excluding carboxylic acids is 1. The molecule has 3 aliphatic heterocycles. The van der Waals surface area contributed by atoms with Gasteiger partial charge in [0.2, 0.25) is 5.91 Å². The summed E-state index contributed by atoms with van der Waals surface area (Å²) in [6.07, 6.45) is -0.00793. The summed E-state index contributed by atoms with van der Waals surface area (Å²) < 4.78 is 41.9. The first-order chi connectivity index (χ1) is 11.8. The zero-order chi connectivity index (χ0) is 18.1. The van der Waals surface area contributed by atoms with Crippen LogP contribution in [0.5, 0.6) is 0 Å². The zero-order valence-electron chi connectivity index (χ0n) is 15.0. The molecule has 9 heteroatoms. The molecule has 1 spiro atoms. The summed E-state index contributed by atoms with van der Waals surface area (Å²) in [5.41, 5.74) is -0.728. The van der Waals surface area contributed by atoms with Gasteiger partial charge < -0.3 is 19.1 Å². The van der Waals surface area contributed by atoms with Crippen molar-refractivity contribution in [3.8, 4) is 0 Å². The van der Waals surface area contributed by atoms with Crippen LogP contribution in [0.25, 0.3) is 0 Å². The van der Waals surface area contributed by atoms with Gasteiger partial charge in [0.1, 0.15) is 12.2 Å². The minimum atomic E-state index is -3.24. The van der Waals surface area contributed by atoms with Crippen molar-refractivity contribution in [2.45, 2.75) is 30.8 Å². The molecule has 0 bridgehead atoms. The number of nitrogens with zero attached hydrogens (tertiary/aromatic N) is 2. The quantitative estimate of drug-likeness (QED) is 0.617. The third-order valence-electron chi connectivity index (χ3n) is 4.96. The van der Waals surface area contributed by atoms with Gasteiger partial charge >= 0.3 is 0 Å². The molecule has 3 aliphatic rings. The Morgan fingerprint density at radius 2 is 1.96 bits per heavy atom. The van der Waals surface area contributed by atoms with Crippen LogP contribution in [0.3, 0.4) is 0 Å². The summed E-state index contributed by atoms with van der Waals surface area (Å²) in [5, 5.41) is -0.495. The van der Waals surface area contributed by atoms with Crippen molar-refractivity contribution in [3.05, 3.63) is 0 Å². The summed E-state index contributed by atoms with van der Waals surface area (Å²) in [4.78, 5) is 15.8. The molecular weight excluding hydrogens is 348 g/mol. The number of hydrogen-bond donors (Lipinski definition) is 0. The number of sulfone groups is 1. The topological polar surface area (TPSA) is 85.4 Å². The van der Waals surface area contributed by atoms with E-state index in [0.717, 1.165) is 13.1 Å². The van der Waals surface area contributed by atoms with Crippen molar-refractivity contribution >= 4 is 15.7 Å². The normalized spacial score (nSPS) is 28.9. The summed E-state index contributed by atoms with van der Waals surface area (Å²) >= 11 is 0. The van der Waals surface area contributed by atoms with Crippen LogP contribution in [0.4, 0.5) is 0 Å². The van der Waals surface area contributed by atoms with Crippen LogP contribution < -0.4 is 0 Å². The lowest BCUT2D eigenvalue weighted by Crippen LogP contribution is -2.71. The average Bonchev–Trinajstić information content (AvgIpc) is 2.53. The van der Waals surface area contributed by atoms with E-state index in [1.54, 1.807) is 4.90 Å². The Labute approximate surface area is 149 Å². The van der Waals surface area contributed by atoms with Crippen LogP contribution >= 0.6 is 0 Å². The van der Waals surface area contributed by atoms with E-state index in [1.165, 1.54) is 0 Å². The highest BCUT2D eigenvalue weighted by Gasteiger charge is 2.53. The summed E-state index contributed by atoms with van der Waals surface area (Å²) in [6.45, 7) is 7.93. The zero-order valence-corrected chi connectivity index (χ0v) is 15.8. The number of likely N-dealkylation sites (tertiary alicyclic amines) is 1. The lowest BCUT2D eigenvalue weighted by atomic mass is 9.95. The van der Waals surface area contributed by atoms with Crippen LogP contribution in [0, 0.1) is 0 Å². The number of carbonyl (C=O) groups is 1. The van der Waals surface area contributed by atoms with Gasteiger partial charge in [-0.1, -0.05) is 0 Å². The van der Waals surface area contributed by atoms with Gasteiger partial charge in [-0.25, -0.2) is 8.42 Å². The Balaban J connectivity index is 1.50. The molecule has 1 atom stereocenters. The first-order valence-corrected chi connectivity index (χ1v) is 10.6. The van der Waals surface area contributed by atoms with Gasteiger partial charge in [-0.3, -0.25) is 9.69 Å². The number of ether oxygens (including phenoxy) is 3. The molecule has 0 aromatic carbocycles. The smallest absolute Gasteiger partial charge is 0.248 e. The molecule has 3 heterocycles. The van der Waals surface area contributed by atoms with Crippen LogP contribution in [-0.2, 0) is 28.8 Å². The average molecular weight is 376 g/mol. The third-order valence-corrected chi connectivity index (χ3v) is 7.19. The van der Waals surface area contributed by atoms with Crippen LogP contribution in [0.15, 0.2) is 0 Å². The largest absolute Gasteiger partial charge is 0.379 e. The Morgan fingerprint density at radius 1 is 1.28 bits per heavy atom. The van der Waals surface area contributed by atoms with Crippen molar-refractivity contribution in [1.29, 1.82) is 0 Å². The Kier molecular flexibility index (Phi) is 5.69. The van der Waals surface area contributed by atoms with Gasteiger partial charge in [-0.2, -0.15) is 0 Å². The van der Waals surface area contributed by atoms with Gasteiger partial charge in [0.15, 0.2) is 9.84 Å². The Bertz CT molecular complexity index is 581. The van der Waals surface area contributed by atoms with Crippen molar-refractivity contribution < 1.29 is 27.4 Å². The van der Waals surface area contributed by atoms with Gasteiger partial charge in [-0.05, 0) is 13.8 Å². The van der Waals surface area contributed by atoms with Crippen molar-refractivity contribution in [2.24, 2.45) is 0 Å². The van der Waals surface area contributed by atoms with Crippen molar-refractivity contribution in [1.82, 2.24) is 9.80 Å². The van der Waals surface area contributed by atoms with E-state index in [0.29, 0.717) is 32.8 Å². The second kappa shape index (κ2) is 7.48. The third kappa shape index (κ3) is 4.51. The molecule has 8 nitrogen and oxygen atoms in total. The first kappa shape index (κ1) is 19.0. The van der Waals surface area contributed by atoms with Crippen LogP contribution in [0.1, 0.15) is 13.8 Å². The lowest BCUT2D eigenvalue weighted by Gasteiger charge is -2.52. The molecule has 3 rings (SSSR count). The van der Waals surface area contributed by atoms with Crippen molar-refractivity contribution in [2.75, 3.05) is 64.9 Å². The molecule has 0 saturated carbocycles. The maximum atomic E-state index is 12.7. The molecule has 0 radical (unpaired) electrons. The standard InChI is InChI=1S/C16H28N2O6S/c1-13(2)23-9-15(19)18-10-16(11-18)12-25(20,21)14(8-24-16)7-17-3-5-22-6-4-17/h13-14H,3-12H2,1-2H3/t14-/m0/s1. The molecule has 0 aromatic rings. The minimum absolute atomic E-state index is 0.00793. The summed E-state index contributed by atoms with van der Waals surface area (Å²) in [6, 6.07) is 0. The number of morpholine rings is 1. The summed E-state index contributed by atoms with van der Waals surface area (Å²) in [5.74, 6) is -0.125. The lowest BCUT2D eigenvalue weighted by molar-refractivity contribution is -0.170. The highest BCUT2D eigenvalue weighted by atomic mass is 32.2. The highest BCUT2D eigenvalue weighted by Crippen LogP contribution is 2.33. The Morgan fingerprint density at radius 3 is 2.56 bits per heavy atom. The van der Waals surface area contributed by atoms with Crippen molar-refractivity contribution in [3.63, 3.8) is 0 Å². The van der Waals surface area contributed by atoms with Crippen LogP contribution in [-0.4, -0.2) is 106 Å². The van der Waals surface area contributed by atoms with E-state index < -0.39 is 20.7 Å². The molecule has 144 valence electrons. The fourth-order valence-corrected chi connectivity index (χ4v) is 5.42. The van der Waals surface area contributed by atoms with E-state index in [-0.39, 0.29) is 31.0 Å². The molecule has 3 saturated heterocycles. The van der Waals surface area contributed by atoms with Crippen LogP contribution in [0.2, 0.25) is 0 Å². The van der Waals surface area contributed by atoms with Gasteiger partial charge in [0, 0.05) is 19.6 Å². The molecule has 3 fully saturated rings. The number of hydrogen-bond acceptors (Lipinski definition) is 7. The molecule has 25 heavy (non-hydrogen) atoms. The monoisotopic (exact) mass is 376 g/mol. The first-order valence-electron chi connectivity index (χ1n) is 8.85. The maximum Gasteiger partial charge on any atom is 0.248 e. The number of rotatable bonds is 5. The fraction of sp³-hybridized carbons (Fsp3) is 0.938. The minimum Gasteiger partial charge on any atom is -0.379 e. The van der Waals surface area contributed by atoms with E-state index in [4.69, 9.17) is 14.2 Å². The van der Waals surface area contributed by atoms with E-state index >= 15 is 0 Å². The predicted octanol–water partition coefficient (Wildman–Crippen LogP) is -0.862. The van der Waals surface area contributed by atoms with E-state index in [1.807, 2.05) is 13.8 Å². The highest BCUT2D eigenvalue weighted by molar-refractivity contribution is 7.92. The van der Waals surface area contributed by atoms with Gasteiger partial charge in [0.25, 0.3) is 0 Å². The second-order valence-electron chi connectivity index (χ2n) is 7.45. The van der Waals surface area contributed by atoms with E-state index in [2.05, 4.69) is 4.90 Å². The molecular formula is C16H28N2O6S. The molecule has 0 aliphatic carbocycles. The maximum absolute atomic E-state index is 12.7.